The molecular formula is C11H10F3N3S. The van der Waals surface area contributed by atoms with Gasteiger partial charge >= 0.3 is 6.18 Å². The van der Waals surface area contributed by atoms with E-state index in [1.54, 1.807) is 12.3 Å². The fourth-order valence-electron chi connectivity index (χ4n) is 1.85. The van der Waals surface area contributed by atoms with Crippen molar-refractivity contribution in [3.05, 3.63) is 23.5 Å². The van der Waals surface area contributed by atoms with Gasteiger partial charge in [0.1, 0.15) is 5.69 Å². The predicted molar refractivity (Wildman–Crippen MR) is 61.7 cm³/mol. The zero-order valence-electron chi connectivity index (χ0n) is 9.53. The molecule has 0 radical (unpaired) electrons. The second-order valence-corrected chi connectivity index (χ2v) is 5.08. The third-order valence-corrected chi connectivity index (χ3v) is 3.54. The number of hydrogen-bond acceptors (Lipinski definition) is 3. The van der Waals surface area contributed by atoms with Crippen LogP contribution in [0.25, 0.3) is 5.52 Å². The topological polar surface area (TPSA) is 30.2 Å². The van der Waals surface area contributed by atoms with Crippen molar-refractivity contribution in [2.24, 2.45) is 0 Å². The van der Waals surface area contributed by atoms with Crippen molar-refractivity contribution in [1.29, 1.82) is 0 Å². The van der Waals surface area contributed by atoms with Crippen molar-refractivity contribution >= 4 is 17.3 Å². The molecule has 18 heavy (non-hydrogen) atoms. The standard InChI is InChI=1S/C11H10F3N3S/c1-18-10-15-9(11(12,13)14)5-7-4-8(6-2-3-6)16-17(7)10/h4-6H,2-3H2,1H3. The number of thioether (sulfide) groups is 1. The lowest BCUT2D eigenvalue weighted by Gasteiger charge is -2.08. The van der Waals surface area contributed by atoms with E-state index in [9.17, 15) is 13.2 Å². The third kappa shape index (κ3) is 1.96. The molecule has 1 aliphatic rings. The molecule has 7 heteroatoms. The average molecular weight is 273 g/mol. The highest BCUT2D eigenvalue weighted by molar-refractivity contribution is 7.98. The van der Waals surface area contributed by atoms with Gasteiger partial charge in [-0.15, -0.1) is 0 Å². The summed E-state index contributed by atoms with van der Waals surface area (Å²) in [5, 5.41) is 4.60. The molecule has 1 fully saturated rings. The van der Waals surface area contributed by atoms with Crippen LogP contribution in [0.5, 0.6) is 0 Å². The molecule has 2 heterocycles. The number of hydrogen-bond donors (Lipinski definition) is 0. The molecule has 1 aliphatic carbocycles. The SMILES string of the molecule is CSc1nc(C(F)(F)F)cc2cc(C3CC3)nn12. The first kappa shape index (κ1) is 11.8. The zero-order valence-corrected chi connectivity index (χ0v) is 10.3. The molecule has 2 aromatic heterocycles. The van der Waals surface area contributed by atoms with Crippen LogP contribution in [0.1, 0.15) is 30.1 Å². The Labute approximate surface area is 105 Å². The van der Waals surface area contributed by atoms with E-state index in [4.69, 9.17) is 0 Å². The second-order valence-electron chi connectivity index (χ2n) is 4.31. The van der Waals surface area contributed by atoms with Gasteiger partial charge in [-0.25, -0.2) is 9.50 Å². The van der Waals surface area contributed by atoms with Gasteiger partial charge in [0.25, 0.3) is 0 Å². The molecule has 3 rings (SSSR count). The fraction of sp³-hybridized carbons (Fsp3) is 0.455. The Morgan fingerprint density at radius 2 is 2.06 bits per heavy atom. The lowest BCUT2D eigenvalue weighted by Crippen LogP contribution is -2.10. The van der Waals surface area contributed by atoms with Crippen molar-refractivity contribution in [3.8, 4) is 0 Å². The fourth-order valence-corrected chi connectivity index (χ4v) is 2.36. The number of halogens is 3. The van der Waals surface area contributed by atoms with Crippen molar-refractivity contribution in [1.82, 2.24) is 14.6 Å². The van der Waals surface area contributed by atoms with E-state index >= 15 is 0 Å². The van der Waals surface area contributed by atoms with E-state index in [2.05, 4.69) is 10.1 Å². The van der Waals surface area contributed by atoms with Gasteiger partial charge in [0, 0.05) is 5.92 Å². The molecule has 3 nitrogen and oxygen atoms in total. The first-order chi connectivity index (χ1) is 8.49. The first-order valence-electron chi connectivity index (χ1n) is 5.51. The van der Waals surface area contributed by atoms with E-state index in [1.165, 1.54) is 4.52 Å². The molecule has 0 unspecified atom stereocenters. The molecule has 0 spiro atoms. The molecule has 0 atom stereocenters. The molecule has 0 aliphatic heterocycles. The molecule has 1 saturated carbocycles. The highest BCUT2D eigenvalue weighted by Gasteiger charge is 2.34. The van der Waals surface area contributed by atoms with Gasteiger partial charge in [-0.2, -0.15) is 18.3 Å². The van der Waals surface area contributed by atoms with Gasteiger partial charge in [0.15, 0.2) is 5.16 Å². The van der Waals surface area contributed by atoms with E-state index in [-0.39, 0.29) is 5.16 Å². The van der Waals surface area contributed by atoms with E-state index < -0.39 is 11.9 Å². The molecule has 0 saturated heterocycles. The average Bonchev–Trinajstić information content (AvgIpc) is 3.06. The maximum atomic E-state index is 12.7. The molecule has 0 aromatic carbocycles. The highest BCUT2D eigenvalue weighted by atomic mass is 32.2. The Kier molecular flexibility index (Phi) is 2.55. The summed E-state index contributed by atoms with van der Waals surface area (Å²) in [6.45, 7) is 0. The lowest BCUT2D eigenvalue weighted by atomic mass is 10.2. The normalized spacial score (nSPS) is 16.4. The van der Waals surface area contributed by atoms with Crippen LogP contribution < -0.4 is 0 Å². The summed E-state index contributed by atoms with van der Waals surface area (Å²) in [5.74, 6) is 0.411. The molecule has 2 aromatic rings. The summed E-state index contributed by atoms with van der Waals surface area (Å²) < 4.78 is 39.6. The number of aromatic nitrogens is 3. The summed E-state index contributed by atoms with van der Waals surface area (Å²) in [5.41, 5.74) is 0.469. The van der Waals surface area contributed by atoms with Gasteiger partial charge in [0.2, 0.25) is 0 Å². The van der Waals surface area contributed by atoms with Crippen LogP contribution in [0.15, 0.2) is 17.3 Å². The third-order valence-electron chi connectivity index (χ3n) is 2.91. The highest BCUT2D eigenvalue weighted by Crippen LogP contribution is 2.40. The summed E-state index contributed by atoms with van der Waals surface area (Å²) in [6.07, 6.45) is -0.591. The molecule has 0 N–H and O–H groups in total. The summed E-state index contributed by atoms with van der Waals surface area (Å²) in [7, 11) is 0. The van der Waals surface area contributed by atoms with Gasteiger partial charge < -0.3 is 0 Å². The number of fused-ring (bicyclic) bond motifs is 1. The maximum Gasteiger partial charge on any atom is 0.433 e. The van der Waals surface area contributed by atoms with Gasteiger partial charge in [-0.1, -0.05) is 11.8 Å². The number of nitrogens with zero attached hydrogens (tertiary/aromatic N) is 3. The Balaban J connectivity index is 2.19. The number of rotatable bonds is 2. The van der Waals surface area contributed by atoms with Crippen molar-refractivity contribution < 1.29 is 13.2 Å². The van der Waals surface area contributed by atoms with Gasteiger partial charge in [-0.05, 0) is 31.2 Å². The molecule has 0 bridgehead atoms. The quantitative estimate of drug-likeness (QED) is 0.621. The van der Waals surface area contributed by atoms with E-state index in [1.807, 2.05) is 0 Å². The zero-order chi connectivity index (χ0) is 12.9. The minimum absolute atomic E-state index is 0.270. The lowest BCUT2D eigenvalue weighted by molar-refractivity contribution is -0.141. The van der Waals surface area contributed by atoms with Crippen LogP contribution in [-0.2, 0) is 6.18 Å². The Morgan fingerprint density at radius 3 is 2.61 bits per heavy atom. The smallest absolute Gasteiger partial charge is 0.218 e. The summed E-state index contributed by atoms with van der Waals surface area (Å²) >= 11 is 1.16. The Hall–Kier alpha value is -1.24. The van der Waals surface area contributed by atoms with Crippen LogP contribution in [0, 0.1) is 0 Å². The van der Waals surface area contributed by atoms with E-state index in [0.717, 1.165) is 36.4 Å². The minimum Gasteiger partial charge on any atom is -0.218 e. The number of alkyl halides is 3. The van der Waals surface area contributed by atoms with Crippen LogP contribution in [0.2, 0.25) is 0 Å². The van der Waals surface area contributed by atoms with Crippen molar-refractivity contribution in [2.45, 2.75) is 30.1 Å². The van der Waals surface area contributed by atoms with Crippen LogP contribution >= 0.6 is 11.8 Å². The van der Waals surface area contributed by atoms with Crippen LogP contribution in [0.4, 0.5) is 13.2 Å². The largest absolute Gasteiger partial charge is 0.433 e. The van der Waals surface area contributed by atoms with Gasteiger partial charge in [-0.3, -0.25) is 0 Å². The van der Waals surface area contributed by atoms with E-state index in [0.29, 0.717) is 11.4 Å². The summed E-state index contributed by atoms with van der Waals surface area (Å²) in [4.78, 5) is 3.62. The van der Waals surface area contributed by atoms with Crippen LogP contribution in [-0.4, -0.2) is 20.9 Å². The first-order valence-corrected chi connectivity index (χ1v) is 6.73. The maximum absolute atomic E-state index is 12.7. The predicted octanol–water partition coefficient (Wildman–Crippen LogP) is 3.35. The molecular weight excluding hydrogens is 263 g/mol. The molecule has 96 valence electrons. The summed E-state index contributed by atoms with van der Waals surface area (Å²) in [6, 6.07) is 2.78. The molecule has 0 amide bonds. The Morgan fingerprint density at radius 1 is 1.33 bits per heavy atom. The Bertz CT molecular complexity index is 601. The van der Waals surface area contributed by atoms with Crippen molar-refractivity contribution in [2.75, 3.05) is 6.26 Å². The van der Waals surface area contributed by atoms with Gasteiger partial charge in [0.05, 0.1) is 11.2 Å². The monoisotopic (exact) mass is 273 g/mol. The minimum atomic E-state index is -4.42. The second kappa shape index (κ2) is 3.88. The van der Waals surface area contributed by atoms with Crippen LogP contribution in [0.3, 0.4) is 0 Å². The van der Waals surface area contributed by atoms with Crippen molar-refractivity contribution in [3.63, 3.8) is 0 Å².